The standard InChI is InChI=1S/C28H34N2O5/c1-28(2,26(32)33)30(3)25(31)19-11-5-4-10-18(19)16-29-27(34)35-17-24-22-14-8-6-12-20(22)21-13-7-9-15-23(21)24/h6-9,12-15,18-19,24H,4-5,10-11,16-17H2,1-3H3,(H,29,34)(H,32,33)/t18-,19-/m0/s1. The molecule has 2 amide bonds. The number of nitrogens with zero attached hydrogens (tertiary/aromatic N) is 1. The minimum absolute atomic E-state index is 0.0101. The number of carbonyl (C=O) groups excluding carboxylic acids is 2. The van der Waals surface area contributed by atoms with Crippen molar-refractivity contribution in [1.82, 2.24) is 10.2 Å². The molecular formula is C28H34N2O5. The van der Waals surface area contributed by atoms with Crippen molar-refractivity contribution in [2.24, 2.45) is 11.8 Å². The molecule has 7 heteroatoms. The van der Waals surface area contributed by atoms with Crippen LogP contribution in [0.1, 0.15) is 56.6 Å². The highest BCUT2D eigenvalue weighted by molar-refractivity contribution is 5.87. The van der Waals surface area contributed by atoms with Crippen molar-refractivity contribution < 1.29 is 24.2 Å². The van der Waals surface area contributed by atoms with Gasteiger partial charge in [0, 0.05) is 25.4 Å². The second kappa shape index (κ2) is 10.1. The number of amides is 2. The Hall–Kier alpha value is -3.35. The quantitative estimate of drug-likeness (QED) is 0.604. The van der Waals surface area contributed by atoms with Gasteiger partial charge in [-0.2, -0.15) is 0 Å². The zero-order valence-electron chi connectivity index (χ0n) is 20.6. The van der Waals surface area contributed by atoms with Crippen LogP contribution in [0.25, 0.3) is 11.1 Å². The van der Waals surface area contributed by atoms with E-state index in [1.54, 1.807) is 7.05 Å². The van der Waals surface area contributed by atoms with Gasteiger partial charge in [0.1, 0.15) is 12.1 Å². The maximum absolute atomic E-state index is 13.2. The average molecular weight is 479 g/mol. The van der Waals surface area contributed by atoms with Gasteiger partial charge in [-0.1, -0.05) is 61.4 Å². The second-order valence-corrected chi connectivity index (χ2v) is 10.1. The molecule has 0 heterocycles. The molecule has 2 aliphatic carbocycles. The third-order valence-electron chi connectivity index (χ3n) is 7.77. The van der Waals surface area contributed by atoms with Gasteiger partial charge in [0.25, 0.3) is 0 Å². The summed E-state index contributed by atoms with van der Waals surface area (Å²) in [5, 5.41) is 12.4. The smallest absolute Gasteiger partial charge is 0.407 e. The molecule has 0 aliphatic heterocycles. The molecule has 35 heavy (non-hydrogen) atoms. The first-order valence-electron chi connectivity index (χ1n) is 12.3. The maximum atomic E-state index is 13.2. The number of hydrogen-bond donors (Lipinski definition) is 2. The number of hydrogen-bond acceptors (Lipinski definition) is 4. The lowest BCUT2D eigenvalue weighted by Gasteiger charge is -2.38. The van der Waals surface area contributed by atoms with Crippen LogP contribution in [0, 0.1) is 11.8 Å². The molecule has 0 saturated heterocycles. The molecule has 4 rings (SSSR count). The van der Waals surface area contributed by atoms with E-state index in [1.165, 1.54) is 29.9 Å². The van der Waals surface area contributed by atoms with Gasteiger partial charge in [-0.15, -0.1) is 0 Å². The SMILES string of the molecule is CN(C(=O)[C@H]1CCCC[C@H]1CNC(=O)OCC1c2ccccc2-c2ccccc21)C(C)(C)C(=O)O. The lowest BCUT2D eigenvalue weighted by molar-refractivity contribution is -0.158. The van der Waals surface area contributed by atoms with E-state index in [1.807, 2.05) is 24.3 Å². The van der Waals surface area contributed by atoms with Crippen molar-refractivity contribution in [2.75, 3.05) is 20.2 Å². The van der Waals surface area contributed by atoms with Crippen LogP contribution in [0.5, 0.6) is 0 Å². The molecular weight excluding hydrogens is 444 g/mol. The molecule has 7 nitrogen and oxygen atoms in total. The van der Waals surface area contributed by atoms with Gasteiger partial charge in [-0.3, -0.25) is 4.79 Å². The Morgan fingerprint density at radius 1 is 1.00 bits per heavy atom. The molecule has 0 unspecified atom stereocenters. The molecule has 2 aromatic carbocycles. The number of nitrogens with one attached hydrogen (secondary N) is 1. The van der Waals surface area contributed by atoms with Crippen LogP contribution in [0.2, 0.25) is 0 Å². The predicted octanol–water partition coefficient (Wildman–Crippen LogP) is 4.65. The number of likely N-dealkylation sites (N-methyl/N-ethyl adjacent to an activating group) is 1. The molecule has 2 aromatic rings. The van der Waals surface area contributed by atoms with Crippen LogP contribution in [0.3, 0.4) is 0 Å². The lowest BCUT2D eigenvalue weighted by Crippen LogP contribution is -2.54. The van der Waals surface area contributed by atoms with E-state index in [2.05, 4.69) is 29.6 Å². The molecule has 2 aliphatic rings. The van der Waals surface area contributed by atoms with Gasteiger partial charge < -0.3 is 20.1 Å². The lowest BCUT2D eigenvalue weighted by atomic mass is 9.78. The first kappa shape index (κ1) is 24.8. The monoisotopic (exact) mass is 478 g/mol. The Kier molecular flexibility index (Phi) is 7.15. The number of carboxylic acid groups (broad SMARTS) is 1. The first-order valence-corrected chi connectivity index (χ1v) is 12.3. The zero-order valence-corrected chi connectivity index (χ0v) is 20.6. The van der Waals surface area contributed by atoms with E-state index < -0.39 is 17.6 Å². The van der Waals surface area contributed by atoms with Crippen LogP contribution >= 0.6 is 0 Å². The average Bonchev–Trinajstić information content (AvgIpc) is 3.19. The number of carboxylic acids is 1. The summed E-state index contributed by atoms with van der Waals surface area (Å²) in [4.78, 5) is 38.7. The maximum Gasteiger partial charge on any atom is 0.407 e. The Balaban J connectivity index is 1.36. The van der Waals surface area contributed by atoms with Crippen LogP contribution in [0.4, 0.5) is 4.79 Å². The fourth-order valence-corrected chi connectivity index (χ4v) is 5.31. The highest BCUT2D eigenvalue weighted by Gasteiger charge is 2.41. The van der Waals surface area contributed by atoms with Gasteiger partial charge in [0.05, 0.1) is 0 Å². The Morgan fingerprint density at radius 3 is 2.17 bits per heavy atom. The molecule has 1 fully saturated rings. The number of aliphatic carboxylic acids is 1. The highest BCUT2D eigenvalue weighted by Crippen LogP contribution is 2.44. The normalized spacial score (nSPS) is 19.4. The van der Waals surface area contributed by atoms with E-state index >= 15 is 0 Å². The van der Waals surface area contributed by atoms with E-state index in [0.717, 1.165) is 30.4 Å². The fraction of sp³-hybridized carbons (Fsp3) is 0.464. The van der Waals surface area contributed by atoms with Gasteiger partial charge in [0.15, 0.2) is 0 Å². The Morgan fingerprint density at radius 2 is 1.57 bits per heavy atom. The summed E-state index contributed by atoms with van der Waals surface area (Å²) in [5.41, 5.74) is 3.37. The van der Waals surface area contributed by atoms with Crippen LogP contribution in [-0.2, 0) is 14.3 Å². The minimum atomic E-state index is -1.29. The molecule has 0 bridgehead atoms. The number of fused-ring (bicyclic) bond motifs is 3. The number of rotatable bonds is 7. The zero-order chi connectivity index (χ0) is 25.2. The van der Waals surface area contributed by atoms with E-state index in [4.69, 9.17) is 4.74 Å². The molecule has 0 radical (unpaired) electrons. The largest absolute Gasteiger partial charge is 0.480 e. The summed E-state index contributed by atoms with van der Waals surface area (Å²) < 4.78 is 5.64. The van der Waals surface area contributed by atoms with Gasteiger partial charge in [-0.05, 0) is 54.9 Å². The van der Waals surface area contributed by atoms with Gasteiger partial charge in [0.2, 0.25) is 5.91 Å². The second-order valence-electron chi connectivity index (χ2n) is 10.1. The molecule has 1 saturated carbocycles. The van der Waals surface area contributed by atoms with Crippen LogP contribution in [0.15, 0.2) is 48.5 Å². The van der Waals surface area contributed by atoms with Crippen molar-refractivity contribution in [1.29, 1.82) is 0 Å². The number of carbonyl (C=O) groups is 3. The molecule has 0 aromatic heterocycles. The third kappa shape index (κ3) is 4.90. The van der Waals surface area contributed by atoms with Gasteiger partial charge >= 0.3 is 12.1 Å². The van der Waals surface area contributed by atoms with E-state index in [-0.39, 0.29) is 30.3 Å². The number of alkyl carbamates (subject to hydrolysis) is 1. The molecule has 2 N–H and O–H groups in total. The first-order chi connectivity index (χ1) is 16.7. The van der Waals surface area contributed by atoms with Crippen LogP contribution in [-0.4, -0.2) is 53.7 Å². The summed E-state index contributed by atoms with van der Waals surface area (Å²) >= 11 is 0. The summed E-state index contributed by atoms with van der Waals surface area (Å²) in [6, 6.07) is 16.4. The van der Waals surface area contributed by atoms with E-state index in [0.29, 0.717) is 13.0 Å². The fourth-order valence-electron chi connectivity index (χ4n) is 5.31. The molecule has 2 atom stereocenters. The van der Waals surface area contributed by atoms with Crippen LogP contribution < -0.4 is 5.32 Å². The van der Waals surface area contributed by atoms with Crippen molar-refractivity contribution in [3.63, 3.8) is 0 Å². The Bertz CT molecular complexity index is 1070. The van der Waals surface area contributed by atoms with Crippen molar-refractivity contribution in [2.45, 2.75) is 51.0 Å². The third-order valence-corrected chi connectivity index (χ3v) is 7.77. The summed E-state index contributed by atoms with van der Waals surface area (Å²) in [6.45, 7) is 3.62. The van der Waals surface area contributed by atoms with Crippen molar-refractivity contribution in [3.05, 3.63) is 59.7 Å². The molecule has 186 valence electrons. The molecule has 0 spiro atoms. The topological polar surface area (TPSA) is 95.9 Å². The number of ether oxygens (including phenoxy) is 1. The van der Waals surface area contributed by atoms with E-state index in [9.17, 15) is 19.5 Å². The number of benzene rings is 2. The Labute approximate surface area is 206 Å². The van der Waals surface area contributed by atoms with Crippen molar-refractivity contribution in [3.8, 4) is 11.1 Å². The summed E-state index contributed by atoms with van der Waals surface area (Å²) in [5.74, 6) is -1.61. The van der Waals surface area contributed by atoms with Gasteiger partial charge in [-0.25, -0.2) is 9.59 Å². The van der Waals surface area contributed by atoms with Crippen molar-refractivity contribution >= 4 is 18.0 Å². The summed E-state index contributed by atoms with van der Waals surface area (Å²) in [7, 11) is 1.54. The highest BCUT2D eigenvalue weighted by atomic mass is 16.5. The minimum Gasteiger partial charge on any atom is -0.480 e. The summed E-state index contributed by atoms with van der Waals surface area (Å²) in [6.07, 6.45) is 2.89. The predicted molar refractivity (Wildman–Crippen MR) is 133 cm³/mol.